The number of benzene rings is 1. The lowest BCUT2D eigenvalue weighted by Gasteiger charge is -2.14. The Balaban J connectivity index is 1.60. The number of aromatic nitrogens is 3. The first kappa shape index (κ1) is 15.9. The lowest BCUT2D eigenvalue weighted by Crippen LogP contribution is -2.26. The summed E-state index contributed by atoms with van der Waals surface area (Å²) in [6.07, 6.45) is 6.52. The maximum Gasteiger partial charge on any atom is 0.251 e. The van der Waals surface area contributed by atoms with E-state index in [-0.39, 0.29) is 11.9 Å². The number of aromatic amines is 1. The average molecular weight is 336 g/mol. The van der Waals surface area contributed by atoms with Gasteiger partial charge in [-0.3, -0.25) is 9.48 Å². The first-order chi connectivity index (χ1) is 12.0. The second-order valence-electron chi connectivity index (χ2n) is 7.05. The number of nitrogens with one attached hydrogen (secondary N) is 2. The van der Waals surface area contributed by atoms with Crippen molar-refractivity contribution in [3.8, 4) is 0 Å². The fraction of sp³-hybridized carbons (Fsp3) is 0.400. The van der Waals surface area contributed by atoms with E-state index < -0.39 is 0 Å². The first-order valence-corrected chi connectivity index (χ1v) is 8.97. The zero-order chi connectivity index (χ0) is 17.6. The zero-order valence-corrected chi connectivity index (χ0v) is 15.0. The van der Waals surface area contributed by atoms with Crippen LogP contribution in [0.2, 0.25) is 0 Å². The van der Waals surface area contributed by atoms with Crippen LogP contribution in [0.5, 0.6) is 0 Å². The Morgan fingerprint density at radius 3 is 2.88 bits per heavy atom. The summed E-state index contributed by atoms with van der Waals surface area (Å²) in [5, 5.41) is 8.56. The molecule has 5 nitrogen and oxygen atoms in total. The number of fused-ring (bicyclic) bond motifs is 3. The van der Waals surface area contributed by atoms with Crippen LogP contribution in [0.25, 0.3) is 10.9 Å². The Morgan fingerprint density at radius 1 is 1.32 bits per heavy atom. The summed E-state index contributed by atoms with van der Waals surface area (Å²) in [6.45, 7) is 4.02. The van der Waals surface area contributed by atoms with Crippen LogP contribution >= 0.6 is 0 Å². The zero-order valence-electron chi connectivity index (χ0n) is 15.0. The summed E-state index contributed by atoms with van der Waals surface area (Å²) >= 11 is 0. The van der Waals surface area contributed by atoms with Crippen LogP contribution in [0.1, 0.15) is 58.7 Å². The lowest BCUT2D eigenvalue weighted by molar-refractivity contribution is 0.0940. The number of rotatable bonds is 3. The monoisotopic (exact) mass is 336 g/mol. The molecule has 0 fully saturated rings. The van der Waals surface area contributed by atoms with Gasteiger partial charge in [0.2, 0.25) is 0 Å². The number of hydrogen-bond donors (Lipinski definition) is 2. The lowest BCUT2D eigenvalue weighted by atomic mass is 9.95. The minimum Gasteiger partial charge on any atom is -0.358 e. The van der Waals surface area contributed by atoms with Gasteiger partial charge in [0.15, 0.2) is 0 Å². The Hall–Kier alpha value is -2.56. The van der Waals surface area contributed by atoms with Crippen molar-refractivity contribution >= 4 is 16.8 Å². The van der Waals surface area contributed by atoms with Crippen LogP contribution in [0.4, 0.5) is 0 Å². The molecule has 0 bridgehead atoms. The standard InChI is InChI=1S/C20H24N4O/c1-12(17-11-21-24(3)13(17)2)22-20(25)14-8-9-19-16(10-14)15-6-4-5-7-18(15)23-19/h8-12,23H,4-7H2,1-3H3,(H,22,25). The van der Waals surface area contributed by atoms with Crippen molar-refractivity contribution in [1.82, 2.24) is 20.1 Å². The van der Waals surface area contributed by atoms with Crippen molar-refractivity contribution < 1.29 is 4.79 Å². The molecule has 1 unspecified atom stereocenters. The summed E-state index contributed by atoms with van der Waals surface area (Å²) in [5.41, 5.74) is 6.72. The fourth-order valence-corrected chi connectivity index (χ4v) is 3.85. The van der Waals surface area contributed by atoms with Crippen LogP contribution in [0.3, 0.4) is 0 Å². The molecule has 130 valence electrons. The second-order valence-corrected chi connectivity index (χ2v) is 7.05. The topological polar surface area (TPSA) is 62.7 Å². The van der Waals surface area contributed by atoms with Gasteiger partial charge in [-0.05, 0) is 63.3 Å². The minimum absolute atomic E-state index is 0.0385. The number of nitrogens with zero attached hydrogens (tertiary/aromatic N) is 2. The molecule has 1 aliphatic carbocycles. The van der Waals surface area contributed by atoms with Gasteiger partial charge in [-0.1, -0.05) is 0 Å². The SMILES string of the molecule is Cc1c(C(C)NC(=O)c2ccc3[nH]c4c(c3c2)CCCC4)cnn1C. The summed E-state index contributed by atoms with van der Waals surface area (Å²) in [4.78, 5) is 16.2. The van der Waals surface area contributed by atoms with E-state index in [0.717, 1.165) is 29.6 Å². The highest BCUT2D eigenvalue weighted by Crippen LogP contribution is 2.29. The van der Waals surface area contributed by atoms with E-state index in [0.29, 0.717) is 5.56 Å². The molecule has 3 aromatic rings. The van der Waals surface area contributed by atoms with Crippen molar-refractivity contribution in [2.45, 2.75) is 45.6 Å². The Kier molecular flexibility index (Phi) is 3.86. The van der Waals surface area contributed by atoms with Crippen LogP contribution < -0.4 is 5.32 Å². The van der Waals surface area contributed by atoms with Crippen molar-refractivity contribution in [1.29, 1.82) is 0 Å². The molecule has 0 aliphatic heterocycles. The van der Waals surface area contributed by atoms with Crippen molar-refractivity contribution in [2.75, 3.05) is 0 Å². The molecule has 2 N–H and O–H groups in total. The second kappa shape index (κ2) is 6.06. The number of hydrogen-bond acceptors (Lipinski definition) is 2. The van der Waals surface area contributed by atoms with Crippen molar-refractivity contribution in [2.24, 2.45) is 7.05 Å². The van der Waals surface area contributed by atoms with Gasteiger partial charge < -0.3 is 10.3 Å². The van der Waals surface area contributed by atoms with Gasteiger partial charge >= 0.3 is 0 Å². The van der Waals surface area contributed by atoms with Gasteiger partial charge in [-0.15, -0.1) is 0 Å². The fourth-order valence-electron chi connectivity index (χ4n) is 3.85. The molecule has 0 saturated carbocycles. The molecule has 2 aromatic heterocycles. The van der Waals surface area contributed by atoms with Gasteiger partial charge in [0.05, 0.1) is 12.2 Å². The highest BCUT2D eigenvalue weighted by Gasteiger charge is 2.19. The summed E-state index contributed by atoms with van der Waals surface area (Å²) in [7, 11) is 1.91. The molecule has 0 radical (unpaired) electrons. The largest absolute Gasteiger partial charge is 0.358 e. The van der Waals surface area contributed by atoms with Crippen LogP contribution in [-0.4, -0.2) is 20.7 Å². The van der Waals surface area contributed by atoms with Crippen molar-refractivity contribution in [3.63, 3.8) is 0 Å². The summed E-state index contributed by atoms with van der Waals surface area (Å²) in [6, 6.07) is 5.90. The number of carbonyl (C=O) groups excluding carboxylic acids is 1. The molecule has 2 heterocycles. The predicted octanol–water partition coefficient (Wildman–Crippen LogP) is 3.58. The molecule has 0 spiro atoms. The van der Waals surface area contributed by atoms with Gasteiger partial charge in [-0.2, -0.15) is 5.10 Å². The Morgan fingerprint density at radius 2 is 2.12 bits per heavy atom. The number of aryl methyl sites for hydroxylation is 3. The van der Waals surface area contributed by atoms with E-state index in [9.17, 15) is 4.79 Å². The third-order valence-corrected chi connectivity index (χ3v) is 5.45. The molecule has 1 atom stereocenters. The Bertz CT molecular complexity index is 950. The molecular formula is C20H24N4O. The third kappa shape index (κ3) is 2.73. The Labute approximate surface area is 147 Å². The first-order valence-electron chi connectivity index (χ1n) is 8.97. The van der Waals surface area contributed by atoms with Crippen molar-refractivity contribution in [3.05, 3.63) is 52.5 Å². The minimum atomic E-state index is -0.0722. The van der Waals surface area contributed by atoms with E-state index >= 15 is 0 Å². The summed E-state index contributed by atoms with van der Waals surface area (Å²) in [5.74, 6) is -0.0385. The van der Waals surface area contributed by atoms with Crippen LogP contribution in [0.15, 0.2) is 24.4 Å². The van der Waals surface area contributed by atoms with Gasteiger partial charge in [-0.25, -0.2) is 0 Å². The maximum absolute atomic E-state index is 12.7. The number of amides is 1. The van der Waals surface area contributed by atoms with Gasteiger partial charge in [0.25, 0.3) is 5.91 Å². The van der Waals surface area contributed by atoms with E-state index in [2.05, 4.69) is 15.4 Å². The summed E-state index contributed by atoms with van der Waals surface area (Å²) < 4.78 is 1.83. The normalized spacial score (nSPS) is 15.2. The molecular weight excluding hydrogens is 312 g/mol. The smallest absolute Gasteiger partial charge is 0.251 e. The predicted molar refractivity (Wildman–Crippen MR) is 98.8 cm³/mol. The van der Waals surface area contributed by atoms with E-state index in [1.54, 1.807) is 0 Å². The molecule has 1 amide bonds. The van der Waals surface area contributed by atoms with Gasteiger partial charge in [0, 0.05) is 40.5 Å². The maximum atomic E-state index is 12.7. The average Bonchev–Trinajstić information content (AvgIpc) is 3.15. The molecule has 4 rings (SSSR count). The van der Waals surface area contributed by atoms with Crippen LogP contribution in [0, 0.1) is 6.92 Å². The number of H-pyrrole nitrogens is 1. The van der Waals surface area contributed by atoms with E-state index in [4.69, 9.17) is 0 Å². The molecule has 25 heavy (non-hydrogen) atoms. The highest BCUT2D eigenvalue weighted by atomic mass is 16.1. The highest BCUT2D eigenvalue weighted by molar-refractivity contribution is 5.99. The molecule has 5 heteroatoms. The third-order valence-electron chi connectivity index (χ3n) is 5.45. The quantitative estimate of drug-likeness (QED) is 0.768. The van der Waals surface area contributed by atoms with E-state index in [1.807, 2.05) is 50.0 Å². The molecule has 1 aliphatic rings. The van der Waals surface area contributed by atoms with Crippen LogP contribution in [-0.2, 0) is 19.9 Å². The number of carbonyl (C=O) groups is 1. The van der Waals surface area contributed by atoms with Gasteiger partial charge in [0.1, 0.15) is 0 Å². The molecule has 0 saturated heterocycles. The molecule has 1 aromatic carbocycles. The van der Waals surface area contributed by atoms with E-state index in [1.165, 1.54) is 29.5 Å².